The number of hydrogen-bond donors (Lipinski definition) is 1. The quantitative estimate of drug-likeness (QED) is 0.807. The summed E-state index contributed by atoms with van der Waals surface area (Å²) in [5, 5.41) is 10.2. The maximum absolute atomic E-state index is 10.2. The van der Waals surface area contributed by atoms with Crippen LogP contribution in [0.5, 0.6) is 0 Å². The van der Waals surface area contributed by atoms with Crippen LogP contribution in [0.2, 0.25) is 0 Å². The van der Waals surface area contributed by atoms with Crippen LogP contribution in [0.25, 0.3) is 11.1 Å². The van der Waals surface area contributed by atoms with E-state index in [1.165, 1.54) is 5.56 Å². The molecule has 2 aromatic carbocycles. The first kappa shape index (κ1) is 12.4. The van der Waals surface area contributed by atoms with E-state index in [1.807, 2.05) is 42.5 Å². The average Bonchev–Trinajstić information content (AvgIpc) is 2.40. The highest BCUT2D eigenvalue weighted by molar-refractivity contribution is 5.63. The van der Waals surface area contributed by atoms with E-state index in [-0.39, 0.29) is 0 Å². The minimum atomic E-state index is -0.954. The fourth-order valence-electron chi connectivity index (χ4n) is 1.95. The van der Waals surface area contributed by atoms with E-state index >= 15 is 0 Å². The molecule has 18 heavy (non-hydrogen) atoms. The molecule has 1 heteroatoms. The van der Waals surface area contributed by atoms with E-state index in [0.29, 0.717) is 6.42 Å². The molecule has 1 nitrogen and oxygen atoms in total. The van der Waals surface area contributed by atoms with Crippen molar-refractivity contribution in [3.63, 3.8) is 0 Å². The van der Waals surface area contributed by atoms with Gasteiger partial charge in [-0.1, -0.05) is 54.6 Å². The molecule has 2 aromatic rings. The number of aliphatic hydroxyl groups is 1. The molecule has 0 aliphatic heterocycles. The van der Waals surface area contributed by atoms with Crippen molar-refractivity contribution >= 4 is 0 Å². The van der Waals surface area contributed by atoms with Crippen LogP contribution in [-0.2, 0) is 5.60 Å². The molecule has 0 spiro atoms. The molecule has 0 heterocycles. The standard InChI is InChI=1S/C17H16O/c1-3-13-17(2,18)16-11-9-15(10-12-16)14-7-5-4-6-8-14/h1,4-12,18H,13H2,2H3. The molecule has 2 rings (SSSR count). The molecule has 1 unspecified atom stereocenters. The van der Waals surface area contributed by atoms with Crippen molar-refractivity contribution in [2.45, 2.75) is 18.9 Å². The van der Waals surface area contributed by atoms with E-state index in [1.54, 1.807) is 6.92 Å². The molecule has 0 aromatic heterocycles. The second-order valence-corrected chi connectivity index (χ2v) is 4.60. The van der Waals surface area contributed by atoms with Crippen molar-refractivity contribution in [2.75, 3.05) is 0 Å². The molecule has 1 N–H and O–H groups in total. The SMILES string of the molecule is C#CCC(C)(O)c1ccc(-c2ccccc2)cc1. The zero-order chi connectivity index (χ0) is 13.0. The summed E-state index contributed by atoms with van der Waals surface area (Å²) in [7, 11) is 0. The summed E-state index contributed by atoms with van der Waals surface area (Å²) in [6.45, 7) is 1.74. The lowest BCUT2D eigenvalue weighted by atomic mass is 9.91. The summed E-state index contributed by atoms with van der Waals surface area (Å²) >= 11 is 0. The van der Waals surface area contributed by atoms with E-state index in [2.05, 4.69) is 18.1 Å². The molecule has 0 bridgehead atoms. The Bertz CT molecular complexity index is 544. The van der Waals surface area contributed by atoms with Crippen molar-refractivity contribution in [1.29, 1.82) is 0 Å². The lowest BCUT2D eigenvalue weighted by Crippen LogP contribution is -2.19. The Labute approximate surface area is 108 Å². The topological polar surface area (TPSA) is 20.2 Å². The normalized spacial score (nSPS) is 13.6. The maximum atomic E-state index is 10.2. The Morgan fingerprint density at radius 1 is 1.00 bits per heavy atom. The Morgan fingerprint density at radius 3 is 2.11 bits per heavy atom. The van der Waals surface area contributed by atoms with Crippen LogP contribution in [0, 0.1) is 12.3 Å². The van der Waals surface area contributed by atoms with Crippen LogP contribution < -0.4 is 0 Å². The van der Waals surface area contributed by atoms with Gasteiger partial charge in [0.15, 0.2) is 0 Å². The summed E-state index contributed by atoms with van der Waals surface area (Å²) in [5.41, 5.74) is 2.20. The molecule has 1 atom stereocenters. The first-order chi connectivity index (χ1) is 8.63. The van der Waals surface area contributed by atoms with Gasteiger partial charge in [0.1, 0.15) is 0 Å². The number of rotatable bonds is 3. The van der Waals surface area contributed by atoms with Gasteiger partial charge in [-0.15, -0.1) is 12.3 Å². The highest BCUT2D eigenvalue weighted by Gasteiger charge is 2.21. The molecular weight excluding hydrogens is 220 g/mol. The van der Waals surface area contributed by atoms with Gasteiger partial charge in [-0.2, -0.15) is 0 Å². The van der Waals surface area contributed by atoms with Crippen LogP contribution >= 0.6 is 0 Å². The Hall–Kier alpha value is -2.04. The van der Waals surface area contributed by atoms with Gasteiger partial charge in [0.05, 0.1) is 5.60 Å². The van der Waals surface area contributed by atoms with Gasteiger partial charge in [0, 0.05) is 6.42 Å². The highest BCUT2D eigenvalue weighted by atomic mass is 16.3. The molecule has 90 valence electrons. The Morgan fingerprint density at radius 2 is 1.56 bits per heavy atom. The number of terminal acetylenes is 1. The van der Waals surface area contributed by atoms with E-state index in [0.717, 1.165) is 11.1 Å². The lowest BCUT2D eigenvalue weighted by Gasteiger charge is -2.21. The van der Waals surface area contributed by atoms with Crippen molar-refractivity contribution in [3.05, 3.63) is 60.2 Å². The van der Waals surface area contributed by atoms with Crippen molar-refractivity contribution in [1.82, 2.24) is 0 Å². The van der Waals surface area contributed by atoms with Gasteiger partial charge in [-0.05, 0) is 23.6 Å². The summed E-state index contributed by atoms with van der Waals surface area (Å²) in [6.07, 6.45) is 5.58. The van der Waals surface area contributed by atoms with Crippen LogP contribution in [0.3, 0.4) is 0 Å². The van der Waals surface area contributed by atoms with E-state index in [4.69, 9.17) is 6.42 Å². The summed E-state index contributed by atoms with van der Waals surface area (Å²) in [6, 6.07) is 18.0. The zero-order valence-corrected chi connectivity index (χ0v) is 10.4. The lowest BCUT2D eigenvalue weighted by molar-refractivity contribution is 0.0630. The molecule has 0 saturated heterocycles. The summed E-state index contributed by atoms with van der Waals surface area (Å²) < 4.78 is 0. The van der Waals surface area contributed by atoms with Crippen molar-refractivity contribution in [3.8, 4) is 23.5 Å². The third-order valence-corrected chi connectivity index (χ3v) is 3.06. The van der Waals surface area contributed by atoms with Crippen LogP contribution in [0.15, 0.2) is 54.6 Å². The average molecular weight is 236 g/mol. The Kier molecular flexibility index (Phi) is 3.50. The van der Waals surface area contributed by atoms with Gasteiger partial charge in [0.2, 0.25) is 0 Å². The van der Waals surface area contributed by atoms with E-state index < -0.39 is 5.60 Å². The molecule has 0 radical (unpaired) electrons. The van der Waals surface area contributed by atoms with Gasteiger partial charge in [-0.25, -0.2) is 0 Å². The van der Waals surface area contributed by atoms with Crippen molar-refractivity contribution in [2.24, 2.45) is 0 Å². The minimum Gasteiger partial charge on any atom is -0.384 e. The largest absolute Gasteiger partial charge is 0.384 e. The number of benzene rings is 2. The van der Waals surface area contributed by atoms with Gasteiger partial charge >= 0.3 is 0 Å². The molecule has 0 saturated carbocycles. The van der Waals surface area contributed by atoms with E-state index in [9.17, 15) is 5.11 Å². The highest BCUT2D eigenvalue weighted by Crippen LogP contribution is 2.27. The predicted molar refractivity (Wildman–Crippen MR) is 74.9 cm³/mol. The second kappa shape index (κ2) is 5.08. The maximum Gasteiger partial charge on any atom is 0.0977 e. The van der Waals surface area contributed by atoms with Crippen LogP contribution in [-0.4, -0.2) is 5.11 Å². The second-order valence-electron chi connectivity index (χ2n) is 4.60. The number of hydrogen-bond acceptors (Lipinski definition) is 1. The van der Waals surface area contributed by atoms with Gasteiger partial charge in [0.25, 0.3) is 0 Å². The first-order valence-corrected chi connectivity index (χ1v) is 5.95. The minimum absolute atomic E-state index is 0.317. The third-order valence-electron chi connectivity index (χ3n) is 3.06. The third kappa shape index (κ3) is 2.61. The molecule has 0 amide bonds. The fraction of sp³-hybridized carbons (Fsp3) is 0.176. The zero-order valence-electron chi connectivity index (χ0n) is 10.4. The molecule has 0 aliphatic rings. The van der Waals surface area contributed by atoms with Crippen LogP contribution in [0.1, 0.15) is 18.9 Å². The van der Waals surface area contributed by atoms with Crippen LogP contribution in [0.4, 0.5) is 0 Å². The Balaban J connectivity index is 2.29. The smallest absolute Gasteiger partial charge is 0.0977 e. The fourth-order valence-corrected chi connectivity index (χ4v) is 1.95. The van der Waals surface area contributed by atoms with Crippen molar-refractivity contribution < 1.29 is 5.11 Å². The monoisotopic (exact) mass is 236 g/mol. The molecule has 0 aliphatic carbocycles. The first-order valence-electron chi connectivity index (χ1n) is 5.95. The molecular formula is C17H16O. The molecule has 0 fully saturated rings. The summed E-state index contributed by atoms with van der Waals surface area (Å²) in [5.74, 6) is 2.50. The summed E-state index contributed by atoms with van der Waals surface area (Å²) in [4.78, 5) is 0. The van der Waals surface area contributed by atoms with Gasteiger partial charge in [-0.3, -0.25) is 0 Å². The predicted octanol–water partition coefficient (Wildman–Crippen LogP) is 3.58. The van der Waals surface area contributed by atoms with Gasteiger partial charge < -0.3 is 5.11 Å².